The van der Waals surface area contributed by atoms with Crippen molar-refractivity contribution < 1.29 is 19.4 Å². The van der Waals surface area contributed by atoms with Crippen LogP contribution in [0.15, 0.2) is 36.7 Å². The number of carboxylic acids is 1. The maximum absolute atomic E-state index is 11.7. The highest BCUT2D eigenvalue weighted by molar-refractivity contribution is 5.94. The van der Waals surface area contributed by atoms with Crippen molar-refractivity contribution in [2.24, 2.45) is 11.7 Å². The number of carbonyl (C=O) groups excluding carboxylic acids is 1. The molecule has 1 aliphatic rings. The van der Waals surface area contributed by atoms with Crippen molar-refractivity contribution in [2.75, 3.05) is 6.61 Å². The predicted molar refractivity (Wildman–Crippen MR) is 96.3 cm³/mol. The zero-order valence-corrected chi connectivity index (χ0v) is 14.4. The molecule has 2 heterocycles. The van der Waals surface area contributed by atoms with Crippen LogP contribution < -0.4 is 15.8 Å². The Morgan fingerprint density at radius 3 is 2.56 bits per heavy atom. The Bertz CT molecular complexity index is 851. The molecule has 2 aromatic rings. The molecule has 3 rings (SSSR count). The van der Waals surface area contributed by atoms with E-state index in [1.54, 1.807) is 24.3 Å². The highest BCUT2D eigenvalue weighted by Gasteiger charge is 2.33. The van der Waals surface area contributed by atoms with Gasteiger partial charge in [-0.15, -0.1) is 0 Å². The van der Waals surface area contributed by atoms with E-state index in [4.69, 9.17) is 21.0 Å². The van der Waals surface area contributed by atoms with E-state index in [0.717, 1.165) is 5.56 Å². The number of ether oxygens (including phenoxy) is 1. The zero-order valence-electron chi connectivity index (χ0n) is 14.4. The number of amides is 1. The summed E-state index contributed by atoms with van der Waals surface area (Å²) in [6.45, 7) is 0.269. The summed E-state index contributed by atoms with van der Waals surface area (Å²) in [5.41, 5.74) is 6.62. The lowest BCUT2D eigenvalue weighted by molar-refractivity contribution is -0.140. The van der Waals surface area contributed by atoms with E-state index in [9.17, 15) is 9.59 Å². The second-order valence-electron chi connectivity index (χ2n) is 6.28. The standard InChI is InChI=1S/C18H19N5O4/c19-16(20)12-7-21-17(22-8-12)10-1-3-14(4-2-10)27-9-13-5-11(6-15(24)25)18(26)23-13/h1-4,7-8,11,13H,5-6,9H2,(H3,19,20)(H,23,26)(H,24,25)/t11-,13-/m0/s1. The first kappa shape index (κ1) is 18.3. The molecule has 9 heteroatoms. The molecule has 0 bridgehead atoms. The number of carbonyl (C=O) groups is 2. The minimum Gasteiger partial charge on any atom is -0.491 e. The van der Waals surface area contributed by atoms with Gasteiger partial charge in [0, 0.05) is 18.0 Å². The molecule has 0 aliphatic carbocycles. The Hall–Kier alpha value is -3.49. The molecule has 0 radical (unpaired) electrons. The molecule has 5 N–H and O–H groups in total. The van der Waals surface area contributed by atoms with Gasteiger partial charge in [0.25, 0.3) is 0 Å². The van der Waals surface area contributed by atoms with Gasteiger partial charge in [0.05, 0.1) is 23.9 Å². The van der Waals surface area contributed by atoms with Gasteiger partial charge in [0.15, 0.2) is 5.82 Å². The lowest BCUT2D eigenvalue weighted by Crippen LogP contribution is -2.31. The third-order valence-corrected chi connectivity index (χ3v) is 4.23. The fourth-order valence-corrected chi connectivity index (χ4v) is 2.84. The molecule has 1 aromatic heterocycles. The summed E-state index contributed by atoms with van der Waals surface area (Å²) in [5.74, 6) is -0.692. The third-order valence-electron chi connectivity index (χ3n) is 4.23. The first-order valence-electron chi connectivity index (χ1n) is 8.34. The molecule has 0 unspecified atom stereocenters. The molecular weight excluding hydrogens is 350 g/mol. The summed E-state index contributed by atoms with van der Waals surface area (Å²) >= 11 is 0. The highest BCUT2D eigenvalue weighted by atomic mass is 16.5. The van der Waals surface area contributed by atoms with Crippen molar-refractivity contribution in [3.63, 3.8) is 0 Å². The van der Waals surface area contributed by atoms with Gasteiger partial charge in [-0.05, 0) is 30.7 Å². The van der Waals surface area contributed by atoms with E-state index in [0.29, 0.717) is 23.6 Å². The van der Waals surface area contributed by atoms with Crippen molar-refractivity contribution in [3.8, 4) is 17.1 Å². The lowest BCUT2D eigenvalue weighted by Gasteiger charge is -2.12. The van der Waals surface area contributed by atoms with E-state index in [1.165, 1.54) is 12.4 Å². The van der Waals surface area contributed by atoms with Gasteiger partial charge in [-0.2, -0.15) is 0 Å². The maximum Gasteiger partial charge on any atom is 0.304 e. The Morgan fingerprint density at radius 2 is 1.96 bits per heavy atom. The average molecular weight is 369 g/mol. The van der Waals surface area contributed by atoms with E-state index >= 15 is 0 Å². The van der Waals surface area contributed by atoms with Gasteiger partial charge < -0.3 is 20.9 Å². The Labute approximate surface area is 155 Å². The van der Waals surface area contributed by atoms with Crippen molar-refractivity contribution in [3.05, 3.63) is 42.2 Å². The first-order chi connectivity index (χ1) is 12.9. The van der Waals surface area contributed by atoms with Gasteiger partial charge >= 0.3 is 5.97 Å². The fourth-order valence-electron chi connectivity index (χ4n) is 2.84. The molecule has 27 heavy (non-hydrogen) atoms. The third kappa shape index (κ3) is 4.57. The zero-order chi connectivity index (χ0) is 19.4. The summed E-state index contributed by atoms with van der Waals surface area (Å²) in [6.07, 6.45) is 3.26. The van der Waals surface area contributed by atoms with Gasteiger partial charge in [-0.1, -0.05) is 0 Å². The Morgan fingerprint density at radius 1 is 1.30 bits per heavy atom. The van der Waals surface area contributed by atoms with Crippen LogP contribution in [0.5, 0.6) is 5.75 Å². The molecule has 0 saturated carbocycles. The van der Waals surface area contributed by atoms with Crippen LogP contribution in [0.3, 0.4) is 0 Å². The van der Waals surface area contributed by atoms with Crippen LogP contribution >= 0.6 is 0 Å². The van der Waals surface area contributed by atoms with Crippen molar-refractivity contribution in [1.82, 2.24) is 15.3 Å². The molecule has 140 valence electrons. The molecule has 1 amide bonds. The number of amidine groups is 1. The van der Waals surface area contributed by atoms with E-state index in [1.807, 2.05) is 0 Å². The largest absolute Gasteiger partial charge is 0.491 e. The quantitative estimate of drug-likeness (QED) is 0.416. The van der Waals surface area contributed by atoms with Crippen LogP contribution in [0.4, 0.5) is 0 Å². The van der Waals surface area contributed by atoms with E-state index < -0.39 is 11.9 Å². The average Bonchev–Trinajstić information content (AvgIpc) is 2.99. The first-order valence-corrected chi connectivity index (χ1v) is 8.34. The molecule has 1 aliphatic heterocycles. The van der Waals surface area contributed by atoms with Crippen LogP contribution in [0, 0.1) is 11.3 Å². The number of nitrogens with one attached hydrogen (secondary N) is 2. The smallest absolute Gasteiger partial charge is 0.304 e. The van der Waals surface area contributed by atoms with Crippen LogP contribution in [-0.4, -0.2) is 45.4 Å². The number of hydrogen-bond donors (Lipinski definition) is 4. The summed E-state index contributed by atoms with van der Waals surface area (Å²) < 4.78 is 5.69. The van der Waals surface area contributed by atoms with Gasteiger partial charge in [0.1, 0.15) is 18.2 Å². The van der Waals surface area contributed by atoms with Gasteiger partial charge in [0.2, 0.25) is 5.91 Å². The number of aliphatic carboxylic acids is 1. The van der Waals surface area contributed by atoms with Crippen molar-refractivity contribution >= 4 is 17.7 Å². The summed E-state index contributed by atoms with van der Waals surface area (Å²) in [5, 5.41) is 18.9. The second kappa shape index (κ2) is 7.81. The van der Waals surface area contributed by atoms with Crippen molar-refractivity contribution in [2.45, 2.75) is 18.9 Å². The molecule has 1 saturated heterocycles. The lowest BCUT2D eigenvalue weighted by atomic mass is 10.0. The monoisotopic (exact) mass is 369 g/mol. The molecular formula is C18H19N5O4. The minimum absolute atomic E-state index is 0.0881. The number of benzene rings is 1. The van der Waals surface area contributed by atoms with Gasteiger partial charge in [-0.3, -0.25) is 15.0 Å². The van der Waals surface area contributed by atoms with E-state index in [2.05, 4.69) is 15.3 Å². The summed E-state index contributed by atoms with van der Waals surface area (Å²) in [4.78, 5) is 30.8. The number of nitrogens with zero attached hydrogens (tertiary/aromatic N) is 2. The number of hydrogen-bond acceptors (Lipinski definition) is 6. The summed E-state index contributed by atoms with van der Waals surface area (Å²) in [6, 6.07) is 6.94. The number of rotatable bonds is 7. The maximum atomic E-state index is 11.7. The van der Waals surface area contributed by atoms with Crippen LogP contribution in [0.1, 0.15) is 18.4 Å². The van der Waals surface area contributed by atoms with Crippen LogP contribution in [0.2, 0.25) is 0 Å². The number of nitrogen functional groups attached to an aromatic ring is 1. The normalized spacial score (nSPS) is 18.7. The Balaban J connectivity index is 1.56. The molecule has 1 fully saturated rings. The van der Waals surface area contributed by atoms with Crippen LogP contribution in [0.25, 0.3) is 11.4 Å². The minimum atomic E-state index is -0.981. The highest BCUT2D eigenvalue weighted by Crippen LogP contribution is 2.22. The molecule has 9 nitrogen and oxygen atoms in total. The number of carboxylic acid groups (broad SMARTS) is 1. The molecule has 0 spiro atoms. The van der Waals surface area contributed by atoms with Crippen molar-refractivity contribution in [1.29, 1.82) is 5.41 Å². The number of aromatic nitrogens is 2. The second-order valence-corrected chi connectivity index (χ2v) is 6.28. The molecule has 2 atom stereocenters. The SMILES string of the molecule is N=C(N)c1cnc(-c2ccc(OC[C@@H]3C[C@@H](CC(=O)O)C(=O)N3)cc2)nc1. The summed E-state index contributed by atoms with van der Waals surface area (Å²) in [7, 11) is 0. The topological polar surface area (TPSA) is 151 Å². The predicted octanol–water partition coefficient (Wildman–Crippen LogP) is 0.786. The Kier molecular flexibility index (Phi) is 5.30. The molecule has 1 aromatic carbocycles. The fraction of sp³-hybridized carbons (Fsp3) is 0.278. The van der Waals surface area contributed by atoms with Crippen LogP contribution in [-0.2, 0) is 9.59 Å². The van der Waals surface area contributed by atoms with Gasteiger partial charge in [-0.25, -0.2) is 9.97 Å². The number of nitrogens with two attached hydrogens (primary N) is 1. The van der Waals surface area contributed by atoms with E-state index in [-0.39, 0.29) is 30.8 Å².